The maximum Gasteiger partial charge on any atom is 0.317 e. The predicted molar refractivity (Wildman–Crippen MR) is 77.3 cm³/mol. The lowest BCUT2D eigenvalue weighted by atomic mass is 9.84. The molecule has 0 fully saturated rings. The Morgan fingerprint density at radius 2 is 1.73 bits per heavy atom. The van der Waals surface area contributed by atoms with Crippen LogP contribution in [0.15, 0.2) is 30.3 Å². The SMILES string of the molecule is CCOC(=O)C(C(C)=O)C(CC(=O)c1ccccc1)C(=O)O. The largest absolute Gasteiger partial charge is 0.481 e. The van der Waals surface area contributed by atoms with Gasteiger partial charge in [-0.25, -0.2) is 0 Å². The van der Waals surface area contributed by atoms with Crippen molar-refractivity contribution in [1.82, 2.24) is 0 Å². The van der Waals surface area contributed by atoms with Gasteiger partial charge in [-0.1, -0.05) is 30.3 Å². The van der Waals surface area contributed by atoms with E-state index in [1.165, 1.54) is 0 Å². The van der Waals surface area contributed by atoms with Gasteiger partial charge in [0.05, 0.1) is 12.5 Å². The smallest absolute Gasteiger partial charge is 0.317 e. The molecule has 1 aromatic carbocycles. The van der Waals surface area contributed by atoms with Crippen LogP contribution in [0.2, 0.25) is 0 Å². The molecule has 2 atom stereocenters. The molecule has 0 saturated heterocycles. The predicted octanol–water partition coefficient (Wildman–Crippen LogP) is 1.73. The van der Waals surface area contributed by atoms with Crippen molar-refractivity contribution in [3.05, 3.63) is 35.9 Å². The number of ketones is 2. The third-order valence-electron chi connectivity index (χ3n) is 3.20. The van der Waals surface area contributed by atoms with Crippen LogP contribution >= 0.6 is 0 Å². The van der Waals surface area contributed by atoms with Crippen molar-refractivity contribution in [2.75, 3.05) is 6.61 Å². The number of hydrogen-bond donors (Lipinski definition) is 1. The van der Waals surface area contributed by atoms with Gasteiger partial charge in [0.15, 0.2) is 5.78 Å². The first-order valence-electron chi connectivity index (χ1n) is 6.86. The minimum atomic E-state index is -1.48. The lowest BCUT2D eigenvalue weighted by Crippen LogP contribution is -2.37. The molecule has 0 spiro atoms. The van der Waals surface area contributed by atoms with Crippen molar-refractivity contribution >= 4 is 23.5 Å². The van der Waals surface area contributed by atoms with Crippen molar-refractivity contribution in [3.8, 4) is 0 Å². The summed E-state index contributed by atoms with van der Waals surface area (Å²) in [6.07, 6.45) is -0.442. The summed E-state index contributed by atoms with van der Waals surface area (Å²) < 4.78 is 4.75. The number of aliphatic carboxylic acids is 1. The molecule has 118 valence electrons. The summed E-state index contributed by atoms with van der Waals surface area (Å²) in [4.78, 5) is 47.0. The molecule has 22 heavy (non-hydrogen) atoms. The van der Waals surface area contributed by atoms with Gasteiger partial charge in [-0.15, -0.1) is 0 Å². The van der Waals surface area contributed by atoms with Gasteiger partial charge < -0.3 is 9.84 Å². The normalized spacial score (nSPS) is 13.0. The lowest BCUT2D eigenvalue weighted by Gasteiger charge is -2.19. The molecule has 1 N–H and O–H groups in total. The number of hydrogen-bond acceptors (Lipinski definition) is 5. The van der Waals surface area contributed by atoms with Crippen molar-refractivity contribution in [2.24, 2.45) is 11.8 Å². The number of Topliss-reactive ketones (excluding diaryl/α,β-unsaturated/α-hetero) is 2. The molecule has 0 aromatic heterocycles. The Morgan fingerprint density at radius 1 is 1.14 bits per heavy atom. The summed E-state index contributed by atoms with van der Waals surface area (Å²) in [6.45, 7) is 2.70. The van der Waals surface area contributed by atoms with Gasteiger partial charge in [0, 0.05) is 12.0 Å². The molecular weight excluding hydrogens is 288 g/mol. The summed E-state index contributed by atoms with van der Waals surface area (Å²) in [5.41, 5.74) is 0.333. The van der Waals surface area contributed by atoms with Crippen molar-refractivity contribution in [3.63, 3.8) is 0 Å². The number of carboxylic acid groups (broad SMARTS) is 1. The zero-order valence-corrected chi connectivity index (χ0v) is 12.4. The van der Waals surface area contributed by atoms with Crippen LogP contribution in [0.3, 0.4) is 0 Å². The van der Waals surface area contributed by atoms with E-state index in [9.17, 15) is 24.3 Å². The number of carboxylic acids is 1. The van der Waals surface area contributed by atoms with E-state index < -0.39 is 41.8 Å². The minimum absolute atomic E-state index is 0.0293. The van der Waals surface area contributed by atoms with Crippen LogP contribution in [0.25, 0.3) is 0 Å². The van der Waals surface area contributed by atoms with Crippen molar-refractivity contribution in [1.29, 1.82) is 0 Å². The number of ether oxygens (including phenoxy) is 1. The first-order chi connectivity index (χ1) is 10.4. The maximum atomic E-state index is 12.1. The van der Waals surface area contributed by atoms with Crippen LogP contribution in [0.5, 0.6) is 0 Å². The third-order valence-corrected chi connectivity index (χ3v) is 3.20. The van der Waals surface area contributed by atoms with E-state index in [0.29, 0.717) is 5.56 Å². The van der Waals surface area contributed by atoms with Crippen LogP contribution in [-0.2, 0) is 19.1 Å². The topological polar surface area (TPSA) is 97.7 Å². The molecule has 0 amide bonds. The summed E-state index contributed by atoms with van der Waals surface area (Å²) in [5, 5.41) is 9.29. The highest BCUT2D eigenvalue weighted by molar-refractivity contribution is 6.04. The molecule has 0 bridgehead atoms. The molecule has 0 radical (unpaired) electrons. The molecule has 1 aromatic rings. The molecule has 6 nitrogen and oxygen atoms in total. The average Bonchev–Trinajstić information content (AvgIpc) is 2.47. The molecule has 0 aliphatic carbocycles. The van der Waals surface area contributed by atoms with Crippen LogP contribution in [-0.4, -0.2) is 35.2 Å². The number of esters is 1. The Morgan fingerprint density at radius 3 is 2.18 bits per heavy atom. The van der Waals surface area contributed by atoms with E-state index in [1.54, 1.807) is 37.3 Å². The number of carbonyl (C=O) groups excluding carboxylic acids is 3. The number of carbonyl (C=O) groups is 4. The van der Waals surface area contributed by atoms with Gasteiger partial charge in [-0.3, -0.25) is 19.2 Å². The quantitative estimate of drug-likeness (QED) is 0.446. The lowest BCUT2D eigenvalue weighted by molar-refractivity contribution is -0.160. The fourth-order valence-corrected chi connectivity index (χ4v) is 2.13. The minimum Gasteiger partial charge on any atom is -0.481 e. The fraction of sp³-hybridized carbons (Fsp3) is 0.375. The van der Waals surface area contributed by atoms with Gasteiger partial charge in [0.25, 0.3) is 0 Å². The molecule has 0 saturated carbocycles. The zero-order valence-electron chi connectivity index (χ0n) is 12.4. The second-order valence-electron chi connectivity index (χ2n) is 4.78. The van der Waals surface area contributed by atoms with Gasteiger partial charge in [-0.2, -0.15) is 0 Å². The van der Waals surface area contributed by atoms with Crippen LogP contribution in [0.1, 0.15) is 30.6 Å². The highest BCUT2D eigenvalue weighted by atomic mass is 16.5. The number of rotatable bonds is 8. The van der Waals surface area contributed by atoms with E-state index in [1.807, 2.05) is 0 Å². The van der Waals surface area contributed by atoms with Crippen molar-refractivity contribution < 1.29 is 29.0 Å². The van der Waals surface area contributed by atoms with Crippen LogP contribution in [0.4, 0.5) is 0 Å². The number of benzene rings is 1. The molecular formula is C16H18O6. The van der Waals surface area contributed by atoms with E-state index >= 15 is 0 Å². The summed E-state index contributed by atoms with van der Waals surface area (Å²) in [5.74, 6) is -6.29. The highest BCUT2D eigenvalue weighted by Crippen LogP contribution is 2.22. The molecule has 0 aliphatic heterocycles. The third kappa shape index (κ3) is 4.51. The van der Waals surface area contributed by atoms with Gasteiger partial charge >= 0.3 is 11.9 Å². The second-order valence-corrected chi connectivity index (χ2v) is 4.78. The van der Waals surface area contributed by atoms with E-state index in [4.69, 9.17) is 4.74 Å². The molecule has 6 heteroatoms. The van der Waals surface area contributed by atoms with Crippen LogP contribution in [0, 0.1) is 11.8 Å². The monoisotopic (exact) mass is 306 g/mol. The highest BCUT2D eigenvalue weighted by Gasteiger charge is 2.39. The first-order valence-corrected chi connectivity index (χ1v) is 6.86. The summed E-state index contributed by atoms with van der Waals surface area (Å²) >= 11 is 0. The Bertz CT molecular complexity index is 563. The van der Waals surface area contributed by atoms with E-state index in [-0.39, 0.29) is 6.61 Å². The standard InChI is InChI=1S/C16H18O6/c1-3-22-16(21)14(10(2)17)12(15(19)20)9-13(18)11-7-5-4-6-8-11/h4-8,12,14H,3,9H2,1-2H3,(H,19,20). The van der Waals surface area contributed by atoms with Gasteiger partial charge in [0.2, 0.25) is 0 Å². The van der Waals surface area contributed by atoms with Crippen LogP contribution < -0.4 is 0 Å². The Kier molecular flexibility index (Phi) is 6.44. The molecule has 2 unspecified atom stereocenters. The van der Waals surface area contributed by atoms with Crippen molar-refractivity contribution in [2.45, 2.75) is 20.3 Å². The Labute approximate surface area is 128 Å². The van der Waals surface area contributed by atoms with E-state index in [0.717, 1.165) is 6.92 Å². The molecule has 0 heterocycles. The second kappa shape index (κ2) is 8.07. The zero-order chi connectivity index (χ0) is 16.7. The van der Waals surface area contributed by atoms with Gasteiger partial charge in [-0.05, 0) is 13.8 Å². The molecule has 1 rings (SSSR count). The maximum absolute atomic E-state index is 12.1. The Hall–Kier alpha value is -2.50. The first kappa shape index (κ1) is 17.6. The average molecular weight is 306 g/mol. The molecule has 0 aliphatic rings. The summed E-state index contributed by atoms with van der Waals surface area (Å²) in [6, 6.07) is 8.12. The fourth-order valence-electron chi connectivity index (χ4n) is 2.13. The van der Waals surface area contributed by atoms with E-state index in [2.05, 4.69) is 0 Å². The Balaban J connectivity index is 3.01. The van der Waals surface area contributed by atoms with Gasteiger partial charge in [0.1, 0.15) is 11.7 Å². The summed E-state index contributed by atoms with van der Waals surface area (Å²) in [7, 11) is 0.